The molecule has 2 aromatic heterocycles. The Morgan fingerprint density at radius 2 is 2.10 bits per heavy atom. The van der Waals surface area contributed by atoms with Crippen LogP contribution in [0, 0.1) is 6.92 Å². The number of aryl methyl sites for hydroxylation is 3. The molecule has 102 valence electrons. The zero-order chi connectivity index (χ0) is 14.1. The first-order valence-electron chi connectivity index (χ1n) is 6.81. The Balaban J connectivity index is 2.03. The van der Waals surface area contributed by atoms with E-state index in [9.17, 15) is 0 Å². The summed E-state index contributed by atoms with van der Waals surface area (Å²) >= 11 is 0. The maximum Gasteiger partial charge on any atom is 0.132 e. The average Bonchev–Trinajstić information content (AvgIpc) is 2.82. The van der Waals surface area contributed by atoms with Gasteiger partial charge < -0.3 is 9.88 Å². The van der Waals surface area contributed by atoms with Crippen molar-refractivity contribution < 1.29 is 0 Å². The largest absolute Gasteiger partial charge is 0.340 e. The molecule has 0 aliphatic heterocycles. The molecular formula is C16H18N4. The fraction of sp³-hybridized carbons (Fsp3) is 0.250. The third-order valence-electron chi connectivity index (χ3n) is 3.60. The Kier molecular flexibility index (Phi) is 3.14. The van der Waals surface area contributed by atoms with E-state index in [4.69, 9.17) is 0 Å². The van der Waals surface area contributed by atoms with E-state index >= 15 is 0 Å². The van der Waals surface area contributed by atoms with Crippen LogP contribution in [0.3, 0.4) is 0 Å². The van der Waals surface area contributed by atoms with Crippen LogP contribution in [0.4, 0.5) is 11.5 Å². The van der Waals surface area contributed by atoms with E-state index in [-0.39, 0.29) is 0 Å². The molecule has 0 atom stereocenters. The number of nitrogens with one attached hydrogen (secondary N) is 1. The number of hydrogen-bond donors (Lipinski definition) is 1. The highest BCUT2D eigenvalue weighted by molar-refractivity contribution is 5.79. The van der Waals surface area contributed by atoms with Gasteiger partial charge in [0.2, 0.25) is 0 Å². The van der Waals surface area contributed by atoms with Crippen LogP contribution in [-0.2, 0) is 13.5 Å². The van der Waals surface area contributed by atoms with Crippen LogP contribution in [0.1, 0.15) is 18.1 Å². The Labute approximate surface area is 118 Å². The fourth-order valence-corrected chi connectivity index (χ4v) is 2.43. The predicted molar refractivity (Wildman–Crippen MR) is 82.3 cm³/mol. The number of benzene rings is 1. The quantitative estimate of drug-likeness (QED) is 0.788. The molecule has 0 amide bonds. The Bertz CT molecular complexity index is 758. The van der Waals surface area contributed by atoms with Crippen molar-refractivity contribution >= 4 is 22.5 Å². The minimum Gasteiger partial charge on any atom is -0.340 e. The van der Waals surface area contributed by atoms with Crippen molar-refractivity contribution in [3.8, 4) is 0 Å². The summed E-state index contributed by atoms with van der Waals surface area (Å²) in [7, 11) is 1.99. The number of para-hydroxylation sites is 1. The molecule has 1 aromatic carbocycles. The van der Waals surface area contributed by atoms with Gasteiger partial charge in [-0.3, -0.25) is 0 Å². The van der Waals surface area contributed by atoms with Crippen LogP contribution < -0.4 is 5.32 Å². The molecule has 3 rings (SSSR count). The van der Waals surface area contributed by atoms with Gasteiger partial charge in [-0.1, -0.05) is 25.1 Å². The monoisotopic (exact) mass is 266 g/mol. The molecule has 3 aromatic rings. The van der Waals surface area contributed by atoms with Crippen molar-refractivity contribution in [1.82, 2.24) is 14.5 Å². The van der Waals surface area contributed by atoms with Gasteiger partial charge in [0.05, 0.1) is 18.0 Å². The highest BCUT2D eigenvalue weighted by Crippen LogP contribution is 2.25. The lowest BCUT2D eigenvalue weighted by atomic mass is 10.1. The average molecular weight is 266 g/mol. The van der Waals surface area contributed by atoms with E-state index in [2.05, 4.69) is 47.3 Å². The molecule has 4 nitrogen and oxygen atoms in total. The number of hydrogen-bond acceptors (Lipinski definition) is 3. The van der Waals surface area contributed by atoms with E-state index in [1.807, 2.05) is 23.9 Å². The fourth-order valence-electron chi connectivity index (χ4n) is 2.43. The van der Waals surface area contributed by atoms with E-state index in [0.717, 1.165) is 29.0 Å². The second-order valence-electron chi connectivity index (χ2n) is 5.00. The summed E-state index contributed by atoms with van der Waals surface area (Å²) < 4.78 is 2.00. The highest BCUT2D eigenvalue weighted by Gasteiger charge is 2.07. The smallest absolute Gasteiger partial charge is 0.132 e. The first-order chi connectivity index (χ1) is 9.69. The SMILES string of the molecule is CCc1cccc(C)c1Nc1cc2c(cn1)ncn2C. The van der Waals surface area contributed by atoms with Crippen LogP contribution in [-0.4, -0.2) is 14.5 Å². The number of fused-ring (bicyclic) bond motifs is 1. The minimum atomic E-state index is 0.852. The lowest BCUT2D eigenvalue weighted by molar-refractivity contribution is 0.947. The predicted octanol–water partition coefficient (Wildman–Crippen LogP) is 3.58. The van der Waals surface area contributed by atoms with Gasteiger partial charge in [0.1, 0.15) is 11.3 Å². The van der Waals surface area contributed by atoms with Crippen LogP contribution in [0.5, 0.6) is 0 Å². The Morgan fingerprint density at radius 3 is 2.90 bits per heavy atom. The molecule has 4 heteroatoms. The van der Waals surface area contributed by atoms with Gasteiger partial charge in [-0.05, 0) is 24.5 Å². The summed E-state index contributed by atoms with van der Waals surface area (Å²) in [5.41, 5.74) is 5.69. The van der Waals surface area contributed by atoms with Crippen LogP contribution in [0.2, 0.25) is 0 Å². The summed E-state index contributed by atoms with van der Waals surface area (Å²) in [6.07, 6.45) is 4.61. The summed E-state index contributed by atoms with van der Waals surface area (Å²) in [4.78, 5) is 8.74. The Hall–Kier alpha value is -2.36. The number of rotatable bonds is 3. The van der Waals surface area contributed by atoms with Crippen LogP contribution in [0.15, 0.2) is 36.8 Å². The molecule has 0 radical (unpaired) electrons. The van der Waals surface area contributed by atoms with Gasteiger partial charge in [-0.25, -0.2) is 9.97 Å². The number of pyridine rings is 1. The molecule has 2 heterocycles. The number of anilines is 2. The van der Waals surface area contributed by atoms with E-state index in [1.165, 1.54) is 11.1 Å². The lowest BCUT2D eigenvalue weighted by Crippen LogP contribution is -2.00. The molecule has 0 saturated carbocycles. The maximum atomic E-state index is 4.45. The minimum absolute atomic E-state index is 0.852. The highest BCUT2D eigenvalue weighted by atomic mass is 15.0. The molecule has 0 aliphatic rings. The van der Waals surface area contributed by atoms with Gasteiger partial charge in [-0.2, -0.15) is 0 Å². The number of imidazole rings is 1. The topological polar surface area (TPSA) is 42.7 Å². The van der Waals surface area contributed by atoms with Crippen molar-refractivity contribution in [3.63, 3.8) is 0 Å². The van der Waals surface area contributed by atoms with E-state index in [1.54, 1.807) is 6.33 Å². The molecule has 1 N–H and O–H groups in total. The molecule has 0 fully saturated rings. The van der Waals surface area contributed by atoms with Gasteiger partial charge in [0.15, 0.2) is 0 Å². The first kappa shape index (κ1) is 12.7. The maximum absolute atomic E-state index is 4.45. The van der Waals surface area contributed by atoms with Gasteiger partial charge >= 0.3 is 0 Å². The van der Waals surface area contributed by atoms with E-state index < -0.39 is 0 Å². The second kappa shape index (κ2) is 4.96. The van der Waals surface area contributed by atoms with Crippen molar-refractivity contribution in [2.45, 2.75) is 20.3 Å². The van der Waals surface area contributed by atoms with Crippen LogP contribution in [0.25, 0.3) is 11.0 Å². The summed E-state index contributed by atoms with van der Waals surface area (Å²) in [5, 5.41) is 3.45. The zero-order valence-corrected chi connectivity index (χ0v) is 12.0. The lowest BCUT2D eigenvalue weighted by Gasteiger charge is -2.13. The molecule has 0 unspecified atom stereocenters. The molecule has 20 heavy (non-hydrogen) atoms. The molecule has 0 spiro atoms. The van der Waals surface area contributed by atoms with E-state index in [0.29, 0.717) is 0 Å². The standard InChI is InChI=1S/C16H18N4/c1-4-12-7-5-6-11(2)16(12)19-15-8-14-13(9-17-15)18-10-20(14)3/h5-10H,4H2,1-3H3,(H,17,19). The zero-order valence-electron chi connectivity index (χ0n) is 12.0. The van der Waals surface area contributed by atoms with Crippen molar-refractivity contribution in [2.75, 3.05) is 5.32 Å². The van der Waals surface area contributed by atoms with Gasteiger partial charge in [0, 0.05) is 18.8 Å². The molecule has 0 saturated heterocycles. The number of aromatic nitrogens is 3. The molecular weight excluding hydrogens is 248 g/mol. The van der Waals surface area contributed by atoms with Gasteiger partial charge in [0.25, 0.3) is 0 Å². The molecule has 0 aliphatic carbocycles. The van der Waals surface area contributed by atoms with Crippen molar-refractivity contribution in [1.29, 1.82) is 0 Å². The third-order valence-corrected chi connectivity index (χ3v) is 3.60. The summed E-state index contributed by atoms with van der Waals surface area (Å²) in [6.45, 7) is 4.28. The summed E-state index contributed by atoms with van der Waals surface area (Å²) in [6, 6.07) is 8.40. The van der Waals surface area contributed by atoms with Crippen molar-refractivity contribution in [2.24, 2.45) is 7.05 Å². The Morgan fingerprint density at radius 1 is 1.25 bits per heavy atom. The number of nitrogens with zero attached hydrogens (tertiary/aromatic N) is 3. The molecule has 0 bridgehead atoms. The van der Waals surface area contributed by atoms with Crippen LogP contribution >= 0.6 is 0 Å². The third kappa shape index (κ3) is 2.13. The van der Waals surface area contributed by atoms with Crippen molar-refractivity contribution in [3.05, 3.63) is 47.9 Å². The summed E-state index contributed by atoms with van der Waals surface area (Å²) in [5.74, 6) is 0.852. The van der Waals surface area contributed by atoms with Gasteiger partial charge in [-0.15, -0.1) is 0 Å². The first-order valence-corrected chi connectivity index (χ1v) is 6.81. The normalized spacial score (nSPS) is 10.9. The second-order valence-corrected chi connectivity index (χ2v) is 5.00.